The summed E-state index contributed by atoms with van der Waals surface area (Å²) in [7, 11) is 1.73. The van der Waals surface area contributed by atoms with Gasteiger partial charge in [-0.25, -0.2) is 0 Å². The zero-order valence-electron chi connectivity index (χ0n) is 28.3. The second-order valence-electron chi connectivity index (χ2n) is 11.1. The fourth-order valence-corrected chi connectivity index (χ4v) is 5.94. The maximum atomic E-state index is 13.9. The lowest BCUT2D eigenvalue weighted by atomic mass is 9.54. The molecule has 4 nitrogen and oxygen atoms in total. The number of methoxy groups -OCH3 is 1. The number of ether oxygens (including phenoxy) is 1. The van der Waals surface area contributed by atoms with Gasteiger partial charge in [-0.2, -0.15) is 0 Å². The Bertz CT molecular complexity index is 1400. The van der Waals surface area contributed by atoms with E-state index in [9.17, 15) is 14.7 Å². The number of hydrogen-bond donors (Lipinski definition) is 1. The minimum atomic E-state index is -0.255. The van der Waals surface area contributed by atoms with Gasteiger partial charge in [0.2, 0.25) is 0 Å². The van der Waals surface area contributed by atoms with E-state index in [1.807, 2.05) is 90.1 Å². The summed E-state index contributed by atoms with van der Waals surface area (Å²) in [5, 5.41) is 9.92. The fourth-order valence-electron chi connectivity index (χ4n) is 5.94. The summed E-state index contributed by atoms with van der Waals surface area (Å²) in [6, 6.07) is 23.8. The first-order valence-electron chi connectivity index (χ1n) is 16.0. The van der Waals surface area contributed by atoms with Gasteiger partial charge in [0, 0.05) is 18.9 Å². The lowest BCUT2D eigenvalue weighted by Gasteiger charge is -2.47. The van der Waals surface area contributed by atoms with E-state index in [-0.39, 0.29) is 47.1 Å². The van der Waals surface area contributed by atoms with Crippen molar-refractivity contribution in [3.8, 4) is 5.75 Å². The van der Waals surface area contributed by atoms with Crippen molar-refractivity contribution in [1.82, 2.24) is 0 Å². The Morgan fingerprint density at radius 2 is 1.43 bits per heavy atom. The van der Waals surface area contributed by atoms with Gasteiger partial charge in [-0.15, -0.1) is 0 Å². The van der Waals surface area contributed by atoms with Crippen LogP contribution in [0.25, 0.3) is 5.57 Å². The topological polar surface area (TPSA) is 63.6 Å². The van der Waals surface area contributed by atoms with Crippen LogP contribution in [0.1, 0.15) is 108 Å². The van der Waals surface area contributed by atoms with Gasteiger partial charge < -0.3 is 9.84 Å². The van der Waals surface area contributed by atoms with Gasteiger partial charge in [0.05, 0.1) is 12.0 Å². The van der Waals surface area contributed by atoms with E-state index in [1.165, 1.54) is 5.56 Å². The first kappa shape index (κ1) is 36.4. The number of hydrogen-bond acceptors (Lipinski definition) is 4. The van der Waals surface area contributed by atoms with Crippen LogP contribution in [0.2, 0.25) is 0 Å². The number of phenols is 1. The standard InChI is InChI=1S/C36H40O4.2C2H6/c1-7-26(20-23(3)25(5)37)27-12-14-30(15-13-27)35-34(29-16-18-31(38)19-17-29)33(36(35)39)24(4)21-32(40-6)28-10-8-22(2)9-11-28;2*1-2/h7-20,24,32-35,38H,21H2,1-6H3;2*1-2H3/b23-20+,26-7+;;/t24?,32?,33-,34-,35?;;/m1../s1. The maximum absolute atomic E-state index is 13.9. The zero-order valence-corrected chi connectivity index (χ0v) is 28.3. The molecule has 0 bridgehead atoms. The molecule has 0 spiro atoms. The third kappa shape index (κ3) is 8.66. The quantitative estimate of drug-likeness (QED) is 0.187. The minimum absolute atomic E-state index is 0.00511. The van der Waals surface area contributed by atoms with Gasteiger partial charge >= 0.3 is 0 Å². The van der Waals surface area contributed by atoms with E-state index in [1.54, 1.807) is 26.2 Å². The lowest BCUT2D eigenvalue weighted by molar-refractivity contribution is -0.137. The summed E-state index contributed by atoms with van der Waals surface area (Å²) >= 11 is 0. The highest BCUT2D eigenvalue weighted by Gasteiger charge is 2.53. The van der Waals surface area contributed by atoms with Gasteiger partial charge in [-0.1, -0.05) is 107 Å². The van der Waals surface area contributed by atoms with Crippen molar-refractivity contribution in [1.29, 1.82) is 0 Å². The molecule has 0 aromatic heterocycles. The highest BCUT2D eigenvalue weighted by Crippen LogP contribution is 2.55. The number of carbonyl (C=O) groups is 2. The second kappa shape index (κ2) is 17.5. The van der Waals surface area contributed by atoms with Crippen LogP contribution in [-0.2, 0) is 14.3 Å². The summed E-state index contributed by atoms with van der Waals surface area (Å²) in [6.07, 6.45) is 4.55. The van der Waals surface area contributed by atoms with Crippen molar-refractivity contribution in [2.24, 2.45) is 11.8 Å². The van der Waals surface area contributed by atoms with Gasteiger partial charge in [-0.3, -0.25) is 9.59 Å². The van der Waals surface area contributed by atoms with Crippen LogP contribution >= 0.6 is 0 Å². The molecule has 4 heteroatoms. The molecule has 3 unspecified atom stereocenters. The zero-order chi connectivity index (χ0) is 33.0. The average molecular weight is 597 g/mol. The molecule has 1 fully saturated rings. The highest BCUT2D eigenvalue weighted by molar-refractivity contribution is 5.97. The van der Waals surface area contributed by atoms with Crippen molar-refractivity contribution in [3.05, 3.63) is 118 Å². The molecule has 44 heavy (non-hydrogen) atoms. The van der Waals surface area contributed by atoms with E-state index in [2.05, 4.69) is 38.1 Å². The SMILES string of the molecule is C/C=C(\C=C(/C)C(C)=O)c1ccc(C2C(=O)[C@H](C(C)CC(OC)c3ccc(C)cc3)[C@H]2c2ccc(O)cc2)cc1.CC.CC. The van der Waals surface area contributed by atoms with E-state index in [4.69, 9.17) is 4.74 Å². The van der Waals surface area contributed by atoms with Crippen LogP contribution in [-0.4, -0.2) is 23.8 Å². The number of carbonyl (C=O) groups excluding carboxylic acids is 2. The molecule has 1 saturated carbocycles. The molecule has 4 rings (SSSR count). The molecule has 0 radical (unpaired) electrons. The molecule has 1 N–H and O–H groups in total. The van der Waals surface area contributed by atoms with Crippen LogP contribution in [0.15, 0.2) is 90.5 Å². The maximum Gasteiger partial charge on any atom is 0.155 e. The molecule has 3 aromatic carbocycles. The molecule has 0 amide bonds. The lowest BCUT2D eigenvalue weighted by Crippen LogP contribution is -2.47. The van der Waals surface area contributed by atoms with Gasteiger partial charge in [0.25, 0.3) is 0 Å². The highest BCUT2D eigenvalue weighted by atomic mass is 16.5. The molecule has 1 aliphatic rings. The Labute approximate surface area is 265 Å². The number of rotatable bonds is 10. The number of ketones is 2. The summed E-state index contributed by atoms with van der Waals surface area (Å²) < 4.78 is 5.88. The Hall–Kier alpha value is -3.76. The Kier molecular flexibility index (Phi) is 14.5. The number of aryl methyl sites for hydroxylation is 1. The molecular formula is C40H52O4. The van der Waals surface area contributed by atoms with Crippen LogP contribution in [0.4, 0.5) is 0 Å². The first-order chi connectivity index (χ1) is 21.1. The molecule has 0 aliphatic heterocycles. The predicted molar refractivity (Wildman–Crippen MR) is 184 cm³/mol. The first-order valence-corrected chi connectivity index (χ1v) is 16.0. The average Bonchev–Trinajstić information content (AvgIpc) is 3.04. The van der Waals surface area contributed by atoms with Gasteiger partial charge in [-0.05, 0) is 91.6 Å². The number of aromatic hydroxyl groups is 1. The molecule has 0 saturated heterocycles. The van der Waals surface area contributed by atoms with E-state index in [0.717, 1.165) is 34.2 Å². The van der Waals surface area contributed by atoms with Crippen molar-refractivity contribution in [3.63, 3.8) is 0 Å². The summed E-state index contributed by atoms with van der Waals surface area (Å²) in [4.78, 5) is 25.6. The third-order valence-electron chi connectivity index (χ3n) is 8.43. The van der Waals surface area contributed by atoms with Gasteiger partial charge in [0.15, 0.2) is 5.78 Å². The number of benzene rings is 3. The van der Waals surface area contributed by atoms with Crippen LogP contribution < -0.4 is 0 Å². The molecule has 3 aromatic rings. The normalized spacial score (nSPS) is 19.4. The molecule has 5 atom stereocenters. The number of phenolic OH excluding ortho intramolecular Hbond substituents is 1. The van der Waals surface area contributed by atoms with E-state index in [0.29, 0.717) is 5.57 Å². The fraction of sp³-hybridized carbons (Fsp3) is 0.400. The summed E-state index contributed by atoms with van der Waals surface area (Å²) in [5.74, 6) is 0.209. The monoisotopic (exact) mass is 596 g/mol. The Morgan fingerprint density at radius 3 is 1.93 bits per heavy atom. The van der Waals surface area contributed by atoms with E-state index < -0.39 is 0 Å². The molecule has 236 valence electrons. The number of allylic oxidation sites excluding steroid dienone is 4. The van der Waals surface area contributed by atoms with Crippen molar-refractivity contribution in [2.75, 3.05) is 7.11 Å². The van der Waals surface area contributed by atoms with Gasteiger partial charge in [0.1, 0.15) is 11.5 Å². The Balaban J connectivity index is 0.00000162. The largest absolute Gasteiger partial charge is 0.508 e. The van der Waals surface area contributed by atoms with Crippen molar-refractivity contribution < 1.29 is 19.4 Å². The molecule has 0 heterocycles. The van der Waals surface area contributed by atoms with Crippen LogP contribution in [0.5, 0.6) is 5.75 Å². The smallest absolute Gasteiger partial charge is 0.155 e. The predicted octanol–water partition coefficient (Wildman–Crippen LogP) is 10.2. The number of Topliss-reactive ketones (excluding diaryl/α,β-unsaturated/α-hetero) is 2. The van der Waals surface area contributed by atoms with E-state index >= 15 is 0 Å². The molecule has 1 aliphatic carbocycles. The van der Waals surface area contributed by atoms with Crippen molar-refractivity contribution >= 4 is 17.1 Å². The Morgan fingerprint density at radius 1 is 0.886 bits per heavy atom. The van der Waals surface area contributed by atoms with Crippen LogP contribution in [0.3, 0.4) is 0 Å². The summed E-state index contributed by atoms with van der Waals surface area (Å²) in [6.45, 7) is 17.6. The third-order valence-corrected chi connectivity index (χ3v) is 8.43. The minimum Gasteiger partial charge on any atom is -0.508 e. The van der Waals surface area contributed by atoms with Crippen LogP contribution in [0, 0.1) is 18.8 Å². The van der Waals surface area contributed by atoms with Crippen molar-refractivity contribution in [2.45, 2.75) is 86.7 Å². The second-order valence-corrected chi connectivity index (χ2v) is 11.1. The molecular weight excluding hydrogens is 544 g/mol. The summed E-state index contributed by atoms with van der Waals surface area (Å²) in [5.41, 5.74) is 7.05.